The zero-order valence-electron chi connectivity index (χ0n) is 15.8. The molecule has 0 aliphatic carbocycles. The lowest BCUT2D eigenvalue weighted by Gasteiger charge is -2.32. The van der Waals surface area contributed by atoms with Crippen molar-refractivity contribution >= 4 is 5.91 Å². The van der Waals surface area contributed by atoms with Crippen LogP contribution in [0.2, 0.25) is 0 Å². The van der Waals surface area contributed by atoms with Gasteiger partial charge in [0.1, 0.15) is 11.9 Å². The highest BCUT2D eigenvalue weighted by atomic mass is 16.5. The fourth-order valence-electron chi connectivity index (χ4n) is 3.28. The van der Waals surface area contributed by atoms with Crippen LogP contribution < -0.4 is 10.1 Å². The fourth-order valence-corrected chi connectivity index (χ4v) is 3.28. The molecule has 1 saturated heterocycles. The molecule has 1 aromatic carbocycles. The van der Waals surface area contributed by atoms with E-state index in [0.29, 0.717) is 12.5 Å². The Balaban J connectivity index is 1.69. The van der Waals surface area contributed by atoms with Gasteiger partial charge in [0.15, 0.2) is 0 Å². The van der Waals surface area contributed by atoms with Crippen LogP contribution in [0.4, 0.5) is 0 Å². The topological polar surface area (TPSA) is 50.8 Å². The average molecular weight is 348 g/mol. The first-order valence-corrected chi connectivity index (χ1v) is 9.40. The van der Waals surface area contributed by atoms with Crippen molar-refractivity contribution in [1.82, 2.24) is 10.2 Å². The van der Waals surface area contributed by atoms with Crippen LogP contribution >= 0.6 is 0 Å². The highest BCUT2D eigenvalue weighted by molar-refractivity contribution is 5.80. The third-order valence-electron chi connectivity index (χ3n) is 4.87. The van der Waals surface area contributed by atoms with Crippen LogP contribution in [0.25, 0.3) is 0 Å². The molecular formula is C20H32N2O3. The second-order valence-electron chi connectivity index (χ2n) is 6.66. The van der Waals surface area contributed by atoms with Gasteiger partial charge in [0.05, 0.1) is 7.11 Å². The largest absolute Gasteiger partial charge is 0.497 e. The molecule has 0 spiro atoms. The highest BCUT2D eigenvalue weighted by Gasteiger charge is 2.22. The average Bonchev–Trinajstić information content (AvgIpc) is 2.66. The van der Waals surface area contributed by atoms with Crippen molar-refractivity contribution in [3.63, 3.8) is 0 Å². The first-order valence-electron chi connectivity index (χ1n) is 9.40. The second kappa shape index (κ2) is 10.4. The lowest BCUT2D eigenvalue weighted by Crippen LogP contribution is -2.42. The van der Waals surface area contributed by atoms with Crippen molar-refractivity contribution in [2.75, 3.05) is 33.4 Å². The highest BCUT2D eigenvalue weighted by Crippen LogP contribution is 2.19. The van der Waals surface area contributed by atoms with Gasteiger partial charge in [-0.2, -0.15) is 0 Å². The SMILES string of the molecule is CCO[C@H](CC)C(=O)NCC1CCN(Cc2ccc(OC)cc2)CC1. The summed E-state index contributed by atoms with van der Waals surface area (Å²) < 4.78 is 10.7. The van der Waals surface area contributed by atoms with E-state index in [1.165, 1.54) is 5.56 Å². The Hall–Kier alpha value is -1.59. The number of ether oxygens (including phenoxy) is 2. The van der Waals surface area contributed by atoms with Crippen molar-refractivity contribution in [3.05, 3.63) is 29.8 Å². The maximum Gasteiger partial charge on any atom is 0.249 e. The smallest absolute Gasteiger partial charge is 0.249 e. The van der Waals surface area contributed by atoms with E-state index in [-0.39, 0.29) is 12.0 Å². The number of carbonyl (C=O) groups excluding carboxylic acids is 1. The molecule has 1 amide bonds. The lowest BCUT2D eigenvalue weighted by molar-refractivity contribution is -0.133. The second-order valence-corrected chi connectivity index (χ2v) is 6.66. The molecule has 0 bridgehead atoms. The molecule has 0 unspecified atom stereocenters. The van der Waals surface area contributed by atoms with Crippen LogP contribution in [0.1, 0.15) is 38.7 Å². The van der Waals surface area contributed by atoms with Gasteiger partial charge in [0.2, 0.25) is 5.91 Å². The molecule has 1 heterocycles. The molecule has 5 nitrogen and oxygen atoms in total. The van der Waals surface area contributed by atoms with Gasteiger partial charge in [-0.15, -0.1) is 0 Å². The molecule has 1 fully saturated rings. The Labute approximate surface area is 151 Å². The number of carbonyl (C=O) groups is 1. The summed E-state index contributed by atoms with van der Waals surface area (Å²) in [5.41, 5.74) is 1.31. The number of piperidine rings is 1. The third-order valence-corrected chi connectivity index (χ3v) is 4.87. The number of benzene rings is 1. The molecule has 25 heavy (non-hydrogen) atoms. The van der Waals surface area contributed by atoms with E-state index in [1.54, 1.807) is 7.11 Å². The Bertz CT molecular complexity index is 510. The van der Waals surface area contributed by atoms with Crippen LogP contribution in [0.3, 0.4) is 0 Å². The van der Waals surface area contributed by atoms with Crippen LogP contribution in [0.5, 0.6) is 5.75 Å². The van der Waals surface area contributed by atoms with Gasteiger partial charge in [-0.25, -0.2) is 0 Å². The standard InChI is InChI=1S/C20H32N2O3/c1-4-19(25-5-2)20(23)21-14-16-10-12-22(13-11-16)15-17-6-8-18(24-3)9-7-17/h6-9,16,19H,4-5,10-15H2,1-3H3,(H,21,23)/t19-/m1/s1. The monoisotopic (exact) mass is 348 g/mol. The summed E-state index contributed by atoms with van der Waals surface area (Å²) in [5.74, 6) is 1.50. The third kappa shape index (κ3) is 6.33. The Kier molecular flexibility index (Phi) is 8.22. The van der Waals surface area contributed by atoms with Crippen molar-refractivity contribution in [2.24, 2.45) is 5.92 Å². The summed E-state index contributed by atoms with van der Waals surface area (Å²) in [7, 11) is 1.69. The van der Waals surface area contributed by atoms with Crippen LogP contribution in [0.15, 0.2) is 24.3 Å². The minimum Gasteiger partial charge on any atom is -0.497 e. The molecule has 0 saturated carbocycles. The molecule has 140 valence electrons. The number of amides is 1. The number of methoxy groups -OCH3 is 1. The molecule has 1 atom stereocenters. The van der Waals surface area contributed by atoms with Crippen molar-refractivity contribution in [1.29, 1.82) is 0 Å². The zero-order valence-corrected chi connectivity index (χ0v) is 15.8. The van der Waals surface area contributed by atoms with Gasteiger partial charge in [0.25, 0.3) is 0 Å². The number of rotatable bonds is 9. The summed E-state index contributed by atoms with van der Waals surface area (Å²) >= 11 is 0. The molecule has 1 N–H and O–H groups in total. The van der Waals surface area contributed by atoms with Crippen molar-refractivity contribution in [2.45, 2.75) is 45.8 Å². The van der Waals surface area contributed by atoms with Gasteiger partial charge in [-0.05, 0) is 62.9 Å². The van der Waals surface area contributed by atoms with E-state index in [2.05, 4.69) is 22.3 Å². The number of hydrogen-bond acceptors (Lipinski definition) is 4. The molecule has 1 aliphatic heterocycles. The van der Waals surface area contributed by atoms with Gasteiger partial charge in [0, 0.05) is 19.7 Å². The summed E-state index contributed by atoms with van der Waals surface area (Å²) in [5, 5.41) is 3.07. The van der Waals surface area contributed by atoms with Gasteiger partial charge in [-0.1, -0.05) is 19.1 Å². The number of nitrogens with zero attached hydrogens (tertiary/aromatic N) is 1. The normalized spacial score (nSPS) is 17.2. The molecule has 2 rings (SSSR count). The van der Waals surface area contributed by atoms with Crippen LogP contribution in [0, 0.1) is 5.92 Å². The Morgan fingerprint density at radius 1 is 1.24 bits per heavy atom. The van der Waals surface area contributed by atoms with Crippen molar-refractivity contribution < 1.29 is 14.3 Å². The van der Waals surface area contributed by atoms with Crippen molar-refractivity contribution in [3.8, 4) is 5.75 Å². The number of nitrogens with one attached hydrogen (secondary N) is 1. The van der Waals surface area contributed by atoms with Gasteiger partial charge < -0.3 is 14.8 Å². The summed E-state index contributed by atoms with van der Waals surface area (Å²) in [6.07, 6.45) is 2.67. The molecule has 5 heteroatoms. The summed E-state index contributed by atoms with van der Waals surface area (Å²) in [6.45, 7) is 8.39. The van der Waals surface area contributed by atoms with Gasteiger partial charge >= 0.3 is 0 Å². The molecule has 0 radical (unpaired) electrons. The minimum absolute atomic E-state index is 0.0324. The van der Waals surface area contributed by atoms with E-state index in [4.69, 9.17) is 9.47 Å². The predicted octanol–water partition coefficient (Wildman–Crippen LogP) is 2.84. The zero-order chi connectivity index (χ0) is 18.1. The van der Waals surface area contributed by atoms with E-state index in [9.17, 15) is 4.79 Å². The molecule has 0 aromatic heterocycles. The van der Waals surface area contributed by atoms with Crippen LogP contribution in [-0.4, -0.2) is 50.3 Å². The molecular weight excluding hydrogens is 316 g/mol. The Morgan fingerprint density at radius 2 is 1.92 bits per heavy atom. The molecule has 1 aliphatic rings. The minimum atomic E-state index is -0.305. The van der Waals surface area contributed by atoms with E-state index in [1.807, 2.05) is 26.0 Å². The number of likely N-dealkylation sites (tertiary alicyclic amines) is 1. The number of hydrogen-bond donors (Lipinski definition) is 1. The van der Waals surface area contributed by atoms with Crippen LogP contribution in [-0.2, 0) is 16.1 Å². The lowest BCUT2D eigenvalue weighted by atomic mass is 9.96. The quantitative estimate of drug-likeness (QED) is 0.746. The van der Waals surface area contributed by atoms with E-state index in [0.717, 1.165) is 51.2 Å². The summed E-state index contributed by atoms with van der Waals surface area (Å²) in [6, 6.07) is 8.29. The first-order chi connectivity index (χ1) is 12.2. The summed E-state index contributed by atoms with van der Waals surface area (Å²) in [4.78, 5) is 14.6. The fraction of sp³-hybridized carbons (Fsp3) is 0.650. The maximum atomic E-state index is 12.1. The van der Waals surface area contributed by atoms with E-state index < -0.39 is 0 Å². The van der Waals surface area contributed by atoms with E-state index >= 15 is 0 Å². The van der Waals surface area contributed by atoms with Gasteiger partial charge in [-0.3, -0.25) is 9.69 Å². The maximum absolute atomic E-state index is 12.1. The first kappa shape index (κ1) is 19.7. The Morgan fingerprint density at radius 3 is 2.48 bits per heavy atom. The predicted molar refractivity (Wildman–Crippen MR) is 99.7 cm³/mol. The molecule has 1 aromatic rings.